The smallest absolute Gasteiger partial charge is 0.241 e. The van der Waals surface area contributed by atoms with Crippen LogP contribution in [0.5, 0.6) is 0 Å². The van der Waals surface area contributed by atoms with Crippen molar-refractivity contribution in [3.63, 3.8) is 0 Å². The van der Waals surface area contributed by atoms with Crippen LogP contribution in [0.25, 0.3) is 0 Å². The number of ether oxygens (including phenoxy) is 1. The summed E-state index contributed by atoms with van der Waals surface area (Å²) in [6, 6.07) is 4.88. The third-order valence-electron chi connectivity index (χ3n) is 2.86. The number of sulfonamides is 1. The monoisotopic (exact) mass is 413 g/mol. The van der Waals surface area contributed by atoms with Crippen molar-refractivity contribution in [2.24, 2.45) is 0 Å². The fourth-order valence-electron chi connectivity index (χ4n) is 1.73. The molecule has 0 aliphatic carbocycles. The molecule has 106 valence electrons. The first kappa shape index (κ1) is 15.4. The third-order valence-corrected chi connectivity index (χ3v) is 5.74. The van der Waals surface area contributed by atoms with Gasteiger partial charge in [0.15, 0.2) is 0 Å². The predicted octanol–water partition coefficient (Wildman–Crippen LogP) is 1.64. The van der Waals surface area contributed by atoms with Crippen LogP contribution in [0.3, 0.4) is 0 Å². The van der Waals surface area contributed by atoms with Crippen molar-refractivity contribution in [2.75, 3.05) is 19.8 Å². The SMILES string of the molecule is O=S(=O)(NCC1(O)CCOC1)c1cc(Br)ccc1Br. The van der Waals surface area contributed by atoms with Crippen molar-refractivity contribution in [2.45, 2.75) is 16.9 Å². The Morgan fingerprint density at radius 2 is 2.16 bits per heavy atom. The molecule has 8 heteroatoms. The summed E-state index contributed by atoms with van der Waals surface area (Å²) >= 11 is 6.44. The highest BCUT2D eigenvalue weighted by molar-refractivity contribution is 9.11. The van der Waals surface area contributed by atoms with Crippen LogP contribution in [-0.2, 0) is 14.8 Å². The maximum atomic E-state index is 12.2. The lowest BCUT2D eigenvalue weighted by atomic mass is 10.1. The van der Waals surface area contributed by atoms with Crippen molar-refractivity contribution in [1.82, 2.24) is 4.72 Å². The van der Waals surface area contributed by atoms with Crippen molar-refractivity contribution in [3.8, 4) is 0 Å². The minimum Gasteiger partial charge on any atom is -0.386 e. The van der Waals surface area contributed by atoms with Crippen LogP contribution >= 0.6 is 31.9 Å². The molecule has 1 aliphatic rings. The molecule has 2 rings (SSSR count). The van der Waals surface area contributed by atoms with Gasteiger partial charge in [-0.3, -0.25) is 0 Å². The molecule has 19 heavy (non-hydrogen) atoms. The summed E-state index contributed by atoms with van der Waals surface area (Å²) in [6.07, 6.45) is 0.426. The molecule has 0 bridgehead atoms. The van der Waals surface area contributed by atoms with Crippen LogP contribution in [0.1, 0.15) is 6.42 Å². The molecule has 1 aromatic carbocycles. The summed E-state index contributed by atoms with van der Waals surface area (Å²) in [5.74, 6) is 0. The van der Waals surface area contributed by atoms with Gasteiger partial charge in [0.25, 0.3) is 0 Å². The summed E-state index contributed by atoms with van der Waals surface area (Å²) in [5, 5.41) is 10.1. The van der Waals surface area contributed by atoms with Crippen LogP contribution in [-0.4, -0.2) is 38.9 Å². The largest absolute Gasteiger partial charge is 0.386 e. The van der Waals surface area contributed by atoms with E-state index < -0.39 is 15.6 Å². The molecule has 1 aromatic rings. The van der Waals surface area contributed by atoms with E-state index in [1.54, 1.807) is 12.1 Å². The van der Waals surface area contributed by atoms with Crippen molar-refractivity contribution in [3.05, 3.63) is 27.1 Å². The Bertz CT molecular complexity index is 570. The molecular weight excluding hydrogens is 402 g/mol. The second-order valence-corrected chi connectivity index (χ2v) is 7.93. The zero-order valence-electron chi connectivity index (χ0n) is 9.90. The minimum absolute atomic E-state index is 0.0612. The van der Waals surface area contributed by atoms with Gasteiger partial charge < -0.3 is 9.84 Å². The van der Waals surface area contributed by atoms with E-state index in [9.17, 15) is 13.5 Å². The molecule has 2 N–H and O–H groups in total. The number of halogens is 2. The lowest BCUT2D eigenvalue weighted by Crippen LogP contribution is -2.43. The van der Waals surface area contributed by atoms with Crippen LogP contribution in [0, 0.1) is 0 Å². The molecule has 1 heterocycles. The highest BCUT2D eigenvalue weighted by Crippen LogP contribution is 2.26. The van der Waals surface area contributed by atoms with Crippen LogP contribution in [0.2, 0.25) is 0 Å². The van der Waals surface area contributed by atoms with E-state index in [-0.39, 0.29) is 18.0 Å². The van der Waals surface area contributed by atoms with Crippen LogP contribution in [0.15, 0.2) is 32.0 Å². The number of benzene rings is 1. The Labute approximate surface area is 128 Å². The van der Waals surface area contributed by atoms with Crippen molar-refractivity contribution in [1.29, 1.82) is 0 Å². The highest BCUT2D eigenvalue weighted by Gasteiger charge is 2.34. The maximum Gasteiger partial charge on any atom is 0.241 e. The predicted molar refractivity (Wildman–Crippen MR) is 77.4 cm³/mol. The van der Waals surface area contributed by atoms with E-state index >= 15 is 0 Å². The van der Waals surface area contributed by atoms with Crippen LogP contribution in [0.4, 0.5) is 0 Å². The number of hydrogen-bond donors (Lipinski definition) is 2. The second kappa shape index (κ2) is 5.79. The molecular formula is C11H13Br2NO4S. The average Bonchev–Trinajstić information content (AvgIpc) is 2.78. The molecule has 5 nitrogen and oxygen atoms in total. The highest BCUT2D eigenvalue weighted by atomic mass is 79.9. The lowest BCUT2D eigenvalue weighted by Gasteiger charge is -2.20. The first-order chi connectivity index (χ1) is 8.82. The summed E-state index contributed by atoms with van der Waals surface area (Å²) in [6.45, 7) is 0.530. The Morgan fingerprint density at radius 1 is 1.42 bits per heavy atom. The normalized spacial score (nSPS) is 23.7. The summed E-state index contributed by atoms with van der Waals surface area (Å²) in [5.41, 5.74) is -1.12. The van der Waals surface area contributed by atoms with Gasteiger partial charge in [0.2, 0.25) is 10.0 Å². The van der Waals surface area contributed by atoms with Gasteiger partial charge in [0, 0.05) is 28.5 Å². The Morgan fingerprint density at radius 3 is 2.79 bits per heavy atom. The average molecular weight is 415 g/mol. The summed E-state index contributed by atoms with van der Waals surface area (Å²) in [7, 11) is -3.68. The van der Waals surface area contributed by atoms with Gasteiger partial charge in [0.1, 0.15) is 5.60 Å². The number of aliphatic hydroxyl groups is 1. The second-order valence-electron chi connectivity index (χ2n) is 4.43. The van der Waals surface area contributed by atoms with Gasteiger partial charge in [-0.25, -0.2) is 13.1 Å². The fraction of sp³-hybridized carbons (Fsp3) is 0.455. The van der Waals surface area contributed by atoms with E-state index in [1.807, 2.05) is 0 Å². The third kappa shape index (κ3) is 3.77. The maximum absolute atomic E-state index is 12.2. The molecule has 0 aromatic heterocycles. The van der Waals surface area contributed by atoms with Gasteiger partial charge in [-0.2, -0.15) is 0 Å². The molecule has 0 spiro atoms. The molecule has 1 atom stereocenters. The Balaban J connectivity index is 2.16. The first-order valence-corrected chi connectivity index (χ1v) is 8.64. The molecule has 1 fully saturated rings. The number of nitrogens with one attached hydrogen (secondary N) is 1. The van der Waals surface area contributed by atoms with E-state index in [4.69, 9.17) is 4.74 Å². The number of rotatable bonds is 4. The van der Waals surface area contributed by atoms with Crippen LogP contribution < -0.4 is 4.72 Å². The summed E-state index contributed by atoms with van der Waals surface area (Å²) in [4.78, 5) is 0.129. The molecule has 1 aliphatic heterocycles. The Kier molecular flexibility index (Phi) is 4.69. The molecule has 0 amide bonds. The topological polar surface area (TPSA) is 75.6 Å². The quantitative estimate of drug-likeness (QED) is 0.785. The van der Waals surface area contributed by atoms with Gasteiger partial charge in [-0.1, -0.05) is 15.9 Å². The van der Waals surface area contributed by atoms with Gasteiger partial charge in [0.05, 0.1) is 11.5 Å². The van der Waals surface area contributed by atoms with E-state index in [0.717, 1.165) is 0 Å². The van der Waals surface area contributed by atoms with E-state index in [0.29, 0.717) is 22.0 Å². The minimum atomic E-state index is -3.68. The van der Waals surface area contributed by atoms with Crippen molar-refractivity contribution >= 4 is 41.9 Å². The van der Waals surface area contributed by atoms with E-state index in [2.05, 4.69) is 36.6 Å². The fourth-order valence-corrected chi connectivity index (χ4v) is 4.35. The van der Waals surface area contributed by atoms with Gasteiger partial charge in [-0.05, 0) is 34.1 Å². The van der Waals surface area contributed by atoms with Gasteiger partial charge in [-0.15, -0.1) is 0 Å². The zero-order valence-corrected chi connectivity index (χ0v) is 13.9. The standard InChI is InChI=1S/C11H13Br2NO4S/c12-8-1-2-9(13)10(5-8)19(16,17)14-6-11(15)3-4-18-7-11/h1-2,5,14-15H,3-4,6-7H2. The molecule has 0 radical (unpaired) electrons. The lowest BCUT2D eigenvalue weighted by molar-refractivity contribution is 0.0314. The molecule has 1 unspecified atom stereocenters. The van der Waals surface area contributed by atoms with E-state index in [1.165, 1.54) is 6.07 Å². The first-order valence-electron chi connectivity index (χ1n) is 5.57. The number of hydrogen-bond acceptors (Lipinski definition) is 4. The van der Waals surface area contributed by atoms with Gasteiger partial charge >= 0.3 is 0 Å². The van der Waals surface area contributed by atoms with Crippen molar-refractivity contribution < 1.29 is 18.3 Å². The molecule has 0 saturated carbocycles. The Hall–Kier alpha value is 0.01000. The zero-order chi connectivity index (χ0) is 14.1. The molecule has 1 saturated heterocycles. The summed E-state index contributed by atoms with van der Waals surface area (Å²) < 4.78 is 33.0.